The highest BCUT2D eigenvalue weighted by molar-refractivity contribution is 7.80. The average molecular weight is 350 g/mol. The molecular formula is C16H13ClFN3OS. The van der Waals surface area contributed by atoms with Crippen LogP contribution in [0.15, 0.2) is 54.6 Å². The Morgan fingerprint density at radius 2 is 1.70 bits per heavy atom. The number of thiocarbonyl (C=S) groups is 1. The molecule has 0 aromatic heterocycles. The topological polar surface area (TPSA) is 53.2 Å². The van der Waals surface area contributed by atoms with Crippen LogP contribution in [0.3, 0.4) is 0 Å². The largest absolute Gasteiger partial charge is 0.331 e. The first kappa shape index (κ1) is 16.9. The number of hydrazine groups is 1. The molecule has 0 heterocycles. The van der Waals surface area contributed by atoms with E-state index in [2.05, 4.69) is 16.2 Å². The number of carbonyl (C=O) groups is 1. The zero-order chi connectivity index (χ0) is 16.7. The van der Waals surface area contributed by atoms with Crippen LogP contribution in [0.25, 0.3) is 6.08 Å². The Morgan fingerprint density at radius 1 is 1.04 bits per heavy atom. The molecule has 3 N–H and O–H groups in total. The summed E-state index contributed by atoms with van der Waals surface area (Å²) < 4.78 is 12.8. The van der Waals surface area contributed by atoms with Gasteiger partial charge in [-0.1, -0.05) is 23.7 Å². The van der Waals surface area contributed by atoms with E-state index < -0.39 is 5.91 Å². The number of anilines is 1. The second kappa shape index (κ2) is 8.26. The minimum absolute atomic E-state index is 0.232. The van der Waals surface area contributed by atoms with Crippen LogP contribution in [0.4, 0.5) is 10.1 Å². The van der Waals surface area contributed by atoms with E-state index >= 15 is 0 Å². The number of benzene rings is 2. The highest BCUT2D eigenvalue weighted by Crippen LogP contribution is 2.13. The molecule has 2 aromatic carbocycles. The summed E-state index contributed by atoms with van der Waals surface area (Å²) in [6.45, 7) is 0. The van der Waals surface area contributed by atoms with Crippen LogP contribution in [-0.2, 0) is 4.79 Å². The van der Waals surface area contributed by atoms with Gasteiger partial charge in [0.15, 0.2) is 5.11 Å². The van der Waals surface area contributed by atoms with Crippen molar-refractivity contribution in [3.63, 3.8) is 0 Å². The van der Waals surface area contributed by atoms with Crippen molar-refractivity contribution in [2.45, 2.75) is 0 Å². The monoisotopic (exact) mass is 349 g/mol. The van der Waals surface area contributed by atoms with Gasteiger partial charge in [-0.2, -0.15) is 0 Å². The van der Waals surface area contributed by atoms with Gasteiger partial charge in [0.2, 0.25) is 0 Å². The smallest absolute Gasteiger partial charge is 0.262 e. The van der Waals surface area contributed by atoms with E-state index in [1.807, 2.05) is 0 Å². The first-order chi connectivity index (χ1) is 11.0. The van der Waals surface area contributed by atoms with Crippen LogP contribution in [0, 0.1) is 5.82 Å². The molecule has 0 unspecified atom stereocenters. The molecule has 0 radical (unpaired) electrons. The highest BCUT2D eigenvalue weighted by Gasteiger charge is 1.99. The molecule has 7 heteroatoms. The van der Waals surface area contributed by atoms with Gasteiger partial charge in [0.1, 0.15) is 5.82 Å². The average Bonchev–Trinajstić information content (AvgIpc) is 2.54. The van der Waals surface area contributed by atoms with Crippen molar-refractivity contribution < 1.29 is 9.18 Å². The Labute approximate surface area is 143 Å². The van der Waals surface area contributed by atoms with E-state index in [9.17, 15) is 9.18 Å². The molecule has 0 saturated heterocycles. The zero-order valence-corrected chi connectivity index (χ0v) is 13.4. The molecule has 23 heavy (non-hydrogen) atoms. The third kappa shape index (κ3) is 6.06. The van der Waals surface area contributed by atoms with Gasteiger partial charge < -0.3 is 5.32 Å². The third-order valence-electron chi connectivity index (χ3n) is 2.70. The van der Waals surface area contributed by atoms with Gasteiger partial charge in [-0.15, -0.1) is 0 Å². The fourth-order valence-corrected chi connectivity index (χ4v) is 1.90. The summed E-state index contributed by atoms with van der Waals surface area (Å²) in [4.78, 5) is 11.6. The number of rotatable bonds is 3. The molecule has 0 aliphatic rings. The number of carbonyl (C=O) groups excluding carboxylic acids is 1. The summed E-state index contributed by atoms with van der Waals surface area (Å²) in [6.07, 6.45) is 2.87. The quantitative estimate of drug-likeness (QED) is 0.451. The second-order valence-electron chi connectivity index (χ2n) is 4.46. The van der Waals surface area contributed by atoms with Crippen LogP contribution >= 0.6 is 23.8 Å². The number of halogens is 2. The van der Waals surface area contributed by atoms with Crippen molar-refractivity contribution in [1.82, 2.24) is 10.9 Å². The van der Waals surface area contributed by atoms with E-state index in [1.54, 1.807) is 42.5 Å². The zero-order valence-electron chi connectivity index (χ0n) is 11.8. The molecule has 2 rings (SSSR count). The molecule has 4 nitrogen and oxygen atoms in total. The third-order valence-corrected chi connectivity index (χ3v) is 3.15. The maximum absolute atomic E-state index is 12.8. The number of hydrogen-bond acceptors (Lipinski definition) is 2. The Morgan fingerprint density at radius 3 is 2.35 bits per heavy atom. The van der Waals surface area contributed by atoms with Gasteiger partial charge >= 0.3 is 0 Å². The highest BCUT2D eigenvalue weighted by atomic mass is 35.5. The Hall–Kier alpha value is -2.44. The first-order valence-corrected chi connectivity index (χ1v) is 7.38. The van der Waals surface area contributed by atoms with Crippen molar-refractivity contribution in [1.29, 1.82) is 0 Å². The molecule has 1 amide bonds. The van der Waals surface area contributed by atoms with E-state index in [0.29, 0.717) is 10.6 Å². The Kier molecular flexibility index (Phi) is 6.08. The van der Waals surface area contributed by atoms with E-state index in [4.69, 9.17) is 23.8 Å². The van der Waals surface area contributed by atoms with Gasteiger partial charge in [-0.3, -0.25) is 15.6 Å². The normalized spacial score (nSPS) is 10.3. The van der Waals surface area contributed by atoms with E-state index in [-0.39, 0.29) is 10.9 Å². The van der Waals surface area contributed by atoms with Gasteiger partial charge in [-0.05, 0) is 60.3 Å². The lowest BCUT2D eigenvalue weighted by Crippen LogP contribution is -2.43. The van der Waals surface area contributed by atoms with Crippen molar-refractivity contribution in [3.05, 3.63) is 71.0 Å². The number of nitrogens with one attached hydrogen (secondary N) is 3. The molecule has 0 atom stereocenters. The summed E-state index contributed by atoms with van der Waals surface area (Å²) in [6, 6.07) is 12.7. The lowest BCUT2D eigenvalue weighted by Gasteiger charge is -2.10. The lowest BCUT2D eigenvalue weighted by atomic mass is 10.2. The summed E-state index contributed by atoms with van der Waals surface area (Å²) in [5, 5.41) is 3.74. The number of hydrogen-bond donors (Lipinski definition) is 3. The standard InChI is InChI=1S/C16H13ClFN3OS/c17-12-4-8-14(9-5-12)19-16(23)21-20-15(22)10-3-11-1-6-13(18)7-2-11/h1-10H,(H,20,22)(H2,19,21,23)/b10-3+. The fourth-order valence-electron chi connectivity index (χ4n) is 1.60. The molecule has 0 saturated carbocycles. The molecule has 0 fully saturated rings. The van der Waals surface area contributed by atoms with Crippen molar-refractivity contribution in [3.8, 4) is 0 Å². The Bertz CT molecular complexity index is 717. The van der Waals surface area contributed by atoms with Gasteiger partial charge in [0.05, 0.1) is 0 Å². The first-order valence-electron chi connectivity index (χ1n) is 6.59. The van der Waals surface area contributed by atoms with Crippen molar-refractivity contribution in [2.75, 3.05) is 5.32 Å². The van der Waals surface area contributed by atoms with Gasteiger partial charge in [0.25, 0.3) is 5.91 Å². The van der Waals surface area contributed by atoms with Crippen LogP contribution in [0.2, 0.25) is 5.02 Å². The SMILES string of the molecule is O=C(/C=C/c1ccc(F)cc1)NNC(=S)Nc1ccc(Cl)cc1. The van der Waals surface area contributed by atoms with Crippen molar-refractivity contribution >= 4 is 46.6 Å². The van der Waals surface area contributed by atoms with Gasteiger partial charge in [-0.25, -0.2) is 4.39 Å². The summed E-state index contributed by atoms with van der Waals surface area (Å²) >= 11 is 10.8. The van der Waals surface area contributed by atoms with Crippen LogP contribution in [-0.4, -0.2) is 11.0 Å². The predicted octanol–water partition coefficient (Wildman–Crippen LogP) is 3.51. The maximum Gasteiger partial charge on any atom is 0.262 e. The molecule has 0 spiro atoms. The van der Waals surface area contributed by atoms with E-state index in [0.717, 1.165) is 5.69 Å². The predicted molar refractivity (Wildman–Crippen MR) is 94.4 cm³/mol. The summed E-state index contributed by atoms with van der Waals surface area (Å²) in [5.41, 5.74) is 6.43. The van der Waals surface area contributed by atoms with Gasteiger partial charge in [0, 0.05) is 16.8 Å². The fraction of sp³-hybridized carbons (Fsp3) is 0. The molecule has 0 aliphatic carbocycles. The summed E-state index contributed by atoms with van der Waals surface area (Å²) in [7, 11) is 0. The second-order valence-corrected chi connectivity index (χ2v) is 5.30. The number of amides is 1. The molecule has 0 bridgehead atoms. The lowest BCUT2D eigenvalue weighted by molar-refractivity contribution is -0.116. The maximum atomic E-state index is 12.8. The van der Waals surface area contributed by atoms with E-state index in [1.165, 1.54) is 18.2 Å². The molecular weight excluding hydrogens is 337 g/mol. The summed E-state index contributed by atoms with van der Waals surface area (Å²) in [5.74, 6) is -0.721. The Balaban J connectivity index is 1.78. The molecule has 118 valence electrons. The van der Waals surface area contributed by atoms with Crippen molar-refractivity contribution in [2.24, 2.45) is 0 Å². The molecule has 0 aliphatic heterocycles. The van der Waals surface area contributed by atoms with Crippen LogP contribution < -0.4 is 16.2 Å². The molecule has 2 aromatic rings. The minimum atomic E-state index is -0.394. The van der Waals surface area contributed by atoms with Crippen LogP contribution in [0.1, 0.15) is 5.56 Å². The van der Waals surface area contributed by atoms with Crippen LogP contribution in [0.5, 0.6) is 0 Å². The minimum Gasteiger partial charge on any atom is -0.331 e.